The number of rotatable bonds is 3. The molecule has 0 spiro atoms. The third-order valence-electron chi connectivity index (χ3n) is 5.26. The number of anilines is 1. The molecular weight excluding hydrogens is 288 g/mol. The number of hydrogen-bond donors (Lipinski definition) is 0. The van der Waals surface area contributed by atoms with Crippen molar-refractivity contribution >= 4 is 11.7 Å². The van der Waals surface area contributed by atoms with E-state index >= 15 is 0 Å². The van der Waals surface area contributed by atoms with Crippen LogP contribution in [0.25, 0.3) is 0 Å². The van der Waals surface area contributed by atoms with E-state index in [-0.39, 0.29) is 5.91 Å². The Hall–Kier alpha value is -1.62. The first-order chi connectivity index (χ1) is 11.2. The molecule has 2 heterocycles. The molecule has 2 aliphatic rings. The maximum Gasteiger partial charge on any atom is 0.257 e. The highest BCUT2D eigenvalue weighted by molar-refractivity contribution is 5.99. The molecule has 1 amide bonds. The predicted molar refractivity (Wildman–Crippen MR) is 92.9 cm³/mol. The van der Waals surface area contributed by atoms with Gasteiger partial charge >= 0.3 is 0 Å². The molecule has 0 atom stereocenters. The van der Waals surface area contributed by atoms with Crippen LogP contribution in [-0.4, -0.2) is 67.0 Å². The van der Waals surface area contributed by atoms with E-state index in [1.54, 1.807) is 6.20 Å². The molecule has 5 nitrogen and oxygen atoms in total. The van der Waals surface area contributed by atoms with Crippen LogP contribution < -0.4 is 4.90 Å². The van der Waals surface area contributed by atoms with Gasteiger partial charge < -0.3 is 14.7 Å². The normalized spacial score (nSPS) is 20.5. The lowest BCUT2D eigenvalue weighted by atomic mass is 9.94. The van der Waals surface area contributed by atoms with Gasteiger partial charge in [0.1, 0.15) is 5.82 Å². The Labute approximate surface area is 139 Å². The maximum atomic E-state index is 13.0. The largest absolute Gasteiger partial charge is 0.353 e. The lowest BCUT2D eigenvalue weighted by Crippen LogP contribution is -2.46. The molecule has 1 saturated heterocycles. The molecule has 0 radical (unpaired) electrons. The molecule has 0 aromatic carbocycles. The highest BCUT2D eigenvalue weighted by Crippen LogP contribution is 2.25. The van der Waals surface area contributed by atoms with Gasteiger partial charge in [0.2, 0.25) is 0 Å². The van der Waals surface area contributed by atoms with Gasteiger partial charge in [-0.1, -0.05) is 19.3 Å². The second kappa shape index (κ2) is 7.30. The van der Waals surface area contributed by atoms with Crippen molar-refractivity contribution in [2.75, 3.05) is 45.2 Å². The van der Waals surface area contributed by atoms with E-state index in [1.807, 2.05) is 24.1 Å². The summed E-state index contributed by atoms with van der Waals surface area (Å²) in [6, 6.07) is 4.20. The second-order valence-corrected chi connectivity index (χ2v) is 6.87. The molecule has 0 unspecified atom stereocenters. The number of hydrogen-bond acceptors (Lipinski definition) is 4. The summed E-state index contributed by atoms with van der Waals surface area (Å²) in [5, 5.41) is 0. The smallest absolute Gasteiger partial charge is 0.257 e. The van der Waals surface area contributed by atoms with E-state index in [0.29, 0.717) is 6.04 Å². The van der Waals surface area contributed by atoms with Gasteiger partial charge in [-0.3, -0.25) is 4.79 Å². The fourth-order valence-corrected chi connectivity index (χ4v) is 3.66. The molecule has 0 N–H and O–H groups in total. The van der Waals surface area contributed by atoms with Crippen molar-refractivity contribution in [3.63, 3.8) is 0 Å². The molecule has 5 heteroatoms. The van der Waals surface area contributed by atoms with E-state index in [0.717, 1.165) is 50.4 Å². The molecule has 2 fully saturated rings. The number of aromatic nitrogens is 1. The van der Waals surface area contributed by atoms with Crippen LogP contribution in [0.5, 0.6) is 0 Å². The minimum atomic E-state index is 0.124. The zero-order valence-corrected chi connectivity index (χ0v) is 14.4. The minimum absolute atomic E-state index is 0.124. The monoisotopic (exact) mass is 316 g/mol. The zero-order chi connectivity index (χ0) is 16.2. The Morgan fingerprint density at radius 1 is 1.17 bits per heavy atom. The fourth-order valence-electron chi connectivity index (χ4n) is 3.66. The molecule has 1 aliphatic heterocycles. The third kappa shape index (κ3) is 3.66. The van der Waals surface area contributed by atoms with Gasteiger partial charge in [0.25, 0.3) is 5.91 Å². The SMILES string of the molecule is CN1CCN(c2ncccc2C(=O)N(C)C2CCCCC2)CC1. The number of amides is 1. The van der Waals surface area contributed by atoms with Gasteiger partial charge in [-0.25, -0.2) is 4.98 Å². The number of piperazine rings is 1. The molecule has 23 heavy (non-hydrogen) atoms. The lowest BCUT2D eigenvalue weighted by Gasteiger charge is -2.35. The highest BCUT2D eigenvalue weighted by atomic mass is 16.2. The molecule has 126 valence electrons. The fraction of sp³-hybridized carbons (Fsp3) is 0.667. The van der Waals surface area contributed by atoms with E-state index in [1.165, 1.54) is 19.3 Å². The Balaban J connectivity index is 1.77. The van der Waals surface area contributed by atoms with E-state index in [4.69, 9.17) is 0 Å². The molecule has 1 saturated carbocycles. The summed E-state index contributed by atoms with van der Waals surface area (Å²) in [5.74, 6) is 0.979. The van der Waals surface area contributed by atoms with Crippen molar-refractivity contribution in [2.45, 2.75) is 38.1 Å². The summed E-state index contributed by atoms with van der Waals surface area (Å²) in [5.41, 5.74) is 0.755. The van der Waals surface area contributed by atoms with Crippen molar-refractivity contribution in [1.82, 2.24) is 14.8 Å². The lowest BCUT2D eigenvalue weighted by molar-refractivity contribution is 0.0696. The van der Waals surface area contributed by atoms with Crippen LogP contribution in [0.15, 0.2) is 18.3 Å². The van der Waals surface area contributed by atoms with Crippen LogP contribution in [0.2, 0.25) is 0 Å². The highest BCUT2D eigenvalue weighted by Gasteiger charge is 2.27. The molecule has 0 bridgehead atoms. The van der Waals surface area contributed by atoms with E-state index in [9.17, 15) is 4.79 Å². The van der Waals surface area contributed by atoms with Crippen molar-refractivity contribution in [2.24, 2.45) is 0 Å². The van der Waals surface area contributed by atoms with Crippen LogP contribution in [0, 0.1) is 0 Å². The summed E-state index contributed by atoms with van der Waals surface area (Å²) in [7, 11) is 4.10. The summed E-state index contributed by atoms with van der Waals surface area (Å²) >= 11 is 0. The van der Waals surface area contributed by atoms with Crippen LogP contribution in [0.3, 0.4) is 0 Å². The van der Waals surface area contributed by atoms with Gasteiger partial charge in [-0.2, -0.15) is 0 Å². The Morgan fingerprint density at radius 2 is 1.87 bits per heavy atom. The summed E-state index contributed by atoms with van der Waals surface area (Å²) < 4.78 is 0. The first-order valence-corrected chi connectivity index (χ1v) is 8.82. The Morgan fingerprint density at radius 3 is 2.57 bits per heavy atom. The summed E-state index contributed by atoms with van der Waals surface area (Å²) in [6.07, 6.45) is 7.84. The first-order valence-electron chi connectivity index (χ1n) is 8.82. The van der Waals surface area contributed by atoms with Crippen LogP contribution in [-0.2, 0) is 0 Å². The van der Waals surface area contributed by atoms with Gasteiger partial charge in [0.05, 0.1) is 5.56 Å². The van der Waals surface area contributed by atoms with Crippen molar-refractivity contribution in [1.29, 1.82) is 0 Å². The molecule has 1 aliphatic carbocycles. The van der Waals surface area contributed by atoms with Gasteiger partial charge in [0, 0.05) is 45.5 Å². The van der Waals surface area contributed by atoms with Crippen molar-refractivity contribution in [3.8, 4) is 0 Å². The number of carbonyl (C=O) groups is 1. The summed E-state index contributed by atoms with van der Waals surface area (Å²) in [6.45, 7) is 3.90. The average Bonchev–Trinajstić information content (AvgIpc) is 2.62. The molecular formula is C18H28N4O. The van der Waals surface area contributed by atoms with Gasteiger partial charge in [-0.15, -0.1) is 0 Å². The van der Waals surface area contributed by atoms with Gasteiger partial charge in [-0.05, 0) is 32.0 Å². The van der Waals surface area contributed by atoms with Crippen LogP contribution >= 0.6 is 0 Å². The average molecular weight is 316 g/mol. The minimum Gasteiger partial charge on any atom is -0.353 e. The molecule has 1 aromatic rings. The van der Waals surface area contributed by atoms with E-state index in [2.05, 4.69) is 21.8 Å². The van der Waals surface area contributed by atoms with Crippen LogP contribution in [0.4, 0.5) is 5.82 Å². The number of likely N-dealkylation sites (N-methyl/N-ethyl adjacent to an activating group) is 1. The summed E-state index contributed by atoms with van der Waals surface area (Å²) in [4.78, 5) is 24.1. The molecule has 3 rings (SSSR count). The predicted octanol–water partition coefficient (Wildman–Crippen LogP) is 2.24. The quantitative estimate of drug-likeness (QED) is 0.857. The zero-order valence-electron chi connectivity index (χ0n) is 14.4. The van der Waals surface area contributed by atoms with Crippen LogP contribution in [0.1, 0.15) is 42.5 Å². The van der Waals surface area contributed by atoms with Gasteiger partial charge in [0.15, 0.2) is 0 Å². The standard InChI is InChI=1S/C18H28N4O/c1-20-11-13-22(14-12-20)17-16(9-6-10-19-17)18(23)21(2)15-7-4-3-5-8-15/h6,9-10,15H,3-5,7-8,11-14H2,1-2H3. The van der Waals surface area contributed by atoms with Crippen molar-refractivity contribution in [3.05, 3.63) is 23.9 Å². The third-order valence-corrected chi connectivity index (χ3v) is 5.26. The Kier molecular flexibility index (Phi) is 5.16. The first kappa shape index (κ1) is 16.2. The van der Waals surface area contributed by atoms with Crippen molar-refractivity contribution < 1.29 is 4.79 Å². The number of carbonyl (C=O) groups excluding carboxylic acids is 1. The maximum absolute atomic E-state index is 13.0. The number of nitrogens with zero attached hydrogens (tertiary/aromatic N) is 4. The van der Waals surface area contributed by atoms with E-state index < -0.39 is 0 Å². The number of pyridine rings is 1. The Bertz CT molecular complexity index is 534. The second-order valence-electron chi connectivity index (χ2n) is 6.87. The molecule has 1 aromatic heterocycles. The topological polar surface area (TPSA) is 39.7 Å².